The van der Waals surface area contributed by atoms with E-state index in [1.807, 2.05) is 18.2 Å². The number of hydrogen-bond acceptors (Lipinski definition) is 5. The number of nitrogens with zero attached hydrogens (tertiary/aromatic N) is 3. The molecule has 0 bridgehead atoms. The Morgan fingerprint density at radius 3 is 1.38 bits per heavy atom. The van der Waals surface area contributed by atoms with E-state index in [-0.39, 0.29) is 35.3 Å². The van der Waals surface area contributed by atoms with E-state index in [4.69, 9.17) is 0 Å². The fraction of sp³-hybridized carbons (Fsp3) is 0.310. The van der Waals surface area contributed by atoms with Crippen LogP contribution in [0.3, 0.4) is 0 Å². The van der Waals surface area contributed by atoms with Crippen LogP contribution in [0, 0.1) is 0 Å². The van der Waals surface area contributed by atoms with Crippen molar-refractivity contribution in [2.45, 2.75) is 29.2 Å². The van der Waals surface area contributed by atoms with Crippen LogP contribution in [0.2, 0.25) is 0 Å². The van der Waals surface area contributed by atoms with Gasteiger partial charge in [-0.15, -0.1) is 12.4 Å². The number of benzene rings is 3. The third-order valence-electron chi connectivity index (χ3n) is 6.57. The van der Waals surface area contributed by atoms with E-state index in [1.54, 1.807) is 60.7 Å². The first-order valence-corrected chi connectivity index (χ1v) is 15.7. The third kappa shape index (κ3) is 8.23. The maximum absolute atomic E-state index is 13.6. The fourth-order valence-corrected chi connectivity index (χ4v) is 7.70. The zero-order valence-corrected chi connectivity index (χ0v) is 24.4. The Kier molecular flexibility index (Phi) is 11.3. The van der Waals surface area contributed by atoms with Crippen molar-refractivity contribution < 1.29 is 16.8 Å². The molecule has 10 heteroatoms. The highest BCUT2D eigenvalue weighted by molar-refractivity contribution is 7.89. The van der Waals surface area contributed by atoms with Crippen molar-refractivity contribution in [3.63, 3.8) is 0 Å². The predicted molar refractivity (Wildman–Crippen MR) is 158 cm³/mol. The fourth-order valence-electron chi connectivity index (χ4n) is 4.65. The van der Waals surface area contributed by atoms with Gasteiger partial charge in [0.05, 0.1) is 9.79 Å². The van der Waals surface area contributed by atoms with Crippen LogP contribution in [-0.4, -0.2) is 69.6 Å². The second kappa shape index (κ2) is 14.2. The molecule has 1 aliphatic rings. The van der Waals surface area contributed by atoms with Gasteiger partial charge in [0.2, 0.25) is 20.0 Å². The van der Waals surface area contributed by atoms with Crippen molar-refractivity contribution in [2.24, 2.45) is 0 Å². The summed E-state index contributed by atoms with van der Waals surface area (Å²) in [5.74, 6) is 0. The van der Waals surface area contributed by atoms with Crippen molar-refractivity contribution in [1.29, 1.82) is 0 Å². The van der Waals surface area contributed by atoms with E-state index in [9.17, 15) is 16.8 Å². The Balaban J connectivity index is 0.00000420. The Morgan fingerprint density at radius 2 is 0.974 bits per heavy atom. The van der Waals surface area contributed by atoms with E-state index in [0.29, 0.717) is 51.1 Å². The van der Waals surface area contributed by atoms with Crippen LogP contribution < -0.4 is 0 Å². The molecule has 4 rings (SSSR count). The monoisotopic (exact) mass is 589 g/mol. The van der Waals surface area contributed by atoms with Crippen LogP contribution in [0.1, 0.15) is 18.4 Å². The van der Waals surface area contributed by atoms with E-state index in [0.717, 1.165) is 5.56 Å². The molecule has 1 aliphatic heterocycles. The molecule has 0 atom stereocenters. The molecule has 0 radical (unpaired) electrons. The van der Waals surface area contributed by atoms with Crippen LogP contribution in [0.4, 0.5) is 0 Å². The first-order valence-electron chi connectivity index (χ1n) is 12.8. The Labute approximate surface area is 239 Å². The average molecular weight is 590 g/mol. The van der Waals surface area contributed by atoms with Crippen LogP contribution in [0.15, 0.2) is 113 Å². The van der Waals surface area contributed by atoms with Gasteiger partial charge in [-0.1, -0.05) is 73.3 Å². The van der Waals surface area contributed by atoms with Gasteiger partial charge in [0.15, 0.2) is 0 Å². The molecule has 39 heavy (non-hydrogen) atoms. The molecule has 0 spiro atoms. The summed E-state index contributed by atoms with van der Waals surface area (Å²) in [5.41, 5.74) is 1.70. The molecule has 1 saturated heterocycles. The predicted octanol–water partition coefficient (Wildman–Crippen LogP) is 4.64. The molecule has 0 saturated carbocycles. The van der Waals surface area contributed by atoms with E-state index < -0.39 is 20.0 Å². The van der Waals surface area contributed by atoms with Gasteiger partial charge in [-0.3, -0.25) is 4.90 Å². The normalized spacial score (nSPS) is 17.5. The van der Waals surface area contributed by atoms with Gasteiger partial charge in [0.25, 0.3) is 0 Å². The van der Waals surface area contributed by atoms with E-state index in [2.05, 4.69) is 23.6 Å². The van der Waals surface area contributed by atoms with Gasteiger partial charge in [0.1, 0.15) is 0 Å². The molecular weight excluding hydrogens is 554 g/mol. The molecule has 3 aromatic carbocycles. The molecule has 210 valence electrons. The zero-order chi connectivity index (χ0) is 27.0. The van der Waals surface area contributed by atoms with Crippen LogP contribution in [-0.2, 0) is 26.6 Å². The Hall–Kier alpha value is -2.53. The van der Waals surface area contributed by atoms with Gasteiger partial charge in [-0.05, 0) is 61.3 Å². The Bertz CT molecular complexity index is 1320. The lowest BCUT2D eigenvalue weighted by molar-refractivity contribution is 0.238. The molecule has 0 aliphatic carbocycles. The van der Waals surface area contributed by atoms with Gasteiger partial charge >= 0.3 is 0 Å². The summed E-state index contributed by atoms with van der Waals surface area (Å²) in [6, 6.07) is 26.8. The minimum Gasteiger partial charge on any atom is -0.299 e. The summed E-state index contributed by atoms with van der Waals surface area (Å²) >= 11 is 0. The number of hydrogen-bond donors (Lipinski definition) is 0. The molecule has 0 amide bonds. The summed E-state index contributed by atoms with van der Waals surface area (Å²) in [4.78, 5) is 2.71. The molecule has 3 aromatic rings. The van der Waals surface area contributed by atoms with Gasteiger partial charge in [-0.25, -0.2) is 16.8 Å². The highest BCUT2D eigenvalue weighted by Gasteiger charge is 2.29. The van der Waals surface area contributed by atoms with E-state index >= 15 is 0 Å². The van der Waals surface area contributed by atoms with Crippen molar-refractivity contribution in [1.82, 2.24) is 13.5 Å². The topological polar surface area (TPSA) is 78.0 Å². The summed E-state index contributed by atoms with van der Waals surface area (Å²) in [6.45, 7) is 6.92. The van der Waals surface area contributed by atoms with Gasteiger partial charge < -0.3 is 0 Å². The lowest BCUT2D eigenvalue weighted by Crippen LogP contribution is -2.41. The molecule has 0 aromatic heterocycles. The standard InChI is InChI=1S/C29H35N3O4S2.ClH/c1-26-23-31(37(33,34)28-15-7-3-8-16-28)21-11-19-30(25-27-13-5-2-6-14-27)20-12-22-32(24-26)38(35,36)29-17-9-4-10-18-29;/h2-10,13-18H,1,11-12,19-25H2;1H. The molecule has 1 fully saturated rings. The third-order valence-corrected chi connectivity index (χ3v) is 10.3. The van der Waals surface area contributed by atoms with Crippen LogP contribution in [0.25, 0.3) is 0 Å². The number of halogens is 1. The lowest BCUT2D eigenvalue weighted by atomic mass is 10.2. The minimum absolute atomic E-state index is 0. The quantitative estimate of drug-likeness (QED) is 0.391. The maximum Gasteiger partial charge on any atom is 0.243 e. The first-order chi connectivity index (χ1) is 18.3. The van der Waals surface area contributed by atoms with Gasteiger partial charge in [0, 0.05) is 32.7 Å². The molecular formula is C29H36ClN3O4S2. The van der Waals surface area contributed by atoms with Crippen molar-refractivity contribution >= 4 is 32.5 Å². The number of rotatable bonds is 6. The minimum atomic E-state index is -3.78. The second-order valence-corrected chi connectivity index (χ2v) is 13.4. The highest BCUT2D eigenvalue weighted by atomic mass is 35.5. The maximum atomic E-state index is 13.6. The summed E-state index contributed by atoms with van der Waals surface area (Å²) in [5, 5.41) is 0. The average Bonchev–Trinajstić information content (AvgIpc) is 2.92. The molecule has 7 nitrogen and oxygen atoms in total. The van der Waals surface area contributed by atoms with Crippen LogP contribution in [0.5, 0.6) is 0 Å². The Morgan fingerprint density at radius 1 is 0.590 bits per heavy atom. The van der Waals surface area contributed by atoms with Crippen molar-refractivity contribution in [2.75, 3.05) is 39.3 Å². The van der Waals surface area contributed by atoms with Crippen LogP contribution >= 0.6 is 12.4 Å². The zero-order valence-electron chi connectivity index (χ0n) is 21.9. The number of sulfonamides is 2. The molecule has 0 N–H and O–H groups in total. The summed E-state index contributed by atoms with van der Waals surface area (Å²) in [6.07, 6.45) is 1.30. The SMILES string of the molecule is C=C1CN(S(=O)(=O)c2ccccc2)CCCN(Cc2ccccc2)CCCN(S(=O)(=O)c2ccccc2)C1.Cl. The first kappa shape index (κ1) is 31.0. The largest absolute Gasteiger partial charge is 0.299 e. The van der Waals surface area contributed by atoms with E-state index in [1.165, 1.54) is 8.61 Å². The molecule has 0 unspecified atom stereocenters. The van der Waals surface area contributed by atoms with Crippen molar-refractivity contribution in [3.8, 4) is 0 Å². The van der Waals surface area contributed by atoms with Gasteiger partial charge in [-0.2, -0.15) is 8.61 Å². The summed E-state index contributed by atoms with van der Waals surface area (Å²) < 4.78 is 57.1. The second-order valence-electron chi connectivity index (χ2n) is 9.52. The molecule has 1 heterocycles. The van der Waals surface area contributed by atoms with Crippen molar-refractivity contribution in [3.05, 3.63) is 109 Å². The summed E-state index contributed by atoms with van der Waals surface area (Å²) in [7, 11) is -7.56. The highest BCUT2D eigenvalue weighted by Crippen LogP contribution is 2.21. The lowest BCUT2D eigenvalue weighted by Gasteiger charge is -2.30. The smallest absolute Gasteiger partial charge is 0.243 e.